The van der Waals surface area contributed by atoms with Crippen LogP contribution in [-0.2, 0) is 28.7 Å². The standard InChI is InChI=1S/C31H30Br6N4O11/c1-48-24-16(34)5-30(26(44)21(24)36)7-18(40-51-30)28(46)38-9-13(42)11-50-23-14(32)3-12(4-15(23)33)20(43)10-39-29(47)19-8-31(52-41-19)6-17(35)25(49-2)22(37)27(31)45/h3-6,13,20,26-27,42-45H,7-11H2,1-2H3,(H,38,46)(H,39,47)/t13-,20?,26+,27+,30-,31-/m1/s1. The van der Waals surface area contributed by atoms with Gasteiger partial charge < -0.3 is 54.9 Å². The molecule has 2 spiro atoms. The zero-order valence-electron chi connectivity index (χ0n) is 27.0. The van der Waals surface area contributed by atoms with Crippen LogP contribution in [0.2, 0.25) is 0 Å². The number of oxime groups is 2. The minimum Gasteiger partial charge on any atom is -0.495 e. The highest BCUT2D eigenvalue weighted by molar-refractivity contribution is 9.12. The van der Waals surface area contributed by atoms with Gasteiger partial charge in [0.2, 0.25) is 0 Å². The van der Waals surface area contributed by atoms with E-state index in [1.807, 2.05) is 0 Å². The number of ether oxygens (including phenoxy) is 3. The van der Waals surface area contributed by atoms with Crippen LogP contribution in [0, 0.1) is 0 Å². The third kappa shape index (κ3) is 8.37. The van der Waals surface area contributed by atoms with Gasteiger partial charge in [-0.25, -0.2) is 0 Å². The predicted molar refractivity (Wildman–Crippen MR) is 208 cm³/mol. The van der Waals surface area contributed by atoms with Gasteiger partial charge in [-0.1, -0.05) is 10.3 Å². The van der Waals surface area contributed by atoms with Gasteiger partial charge in [-0.2, -0.15) is 0 Å². The molecular weight excluding hydrogens is 1080 g/mol. The van der Waals surface area contributed by atoms with Crippen LogP contribution in [0.1, 0.15) is 24.5 Å². The molecule has 21 heteroatoms. The minimum absolute atomic E-state index is 0.0225. The molecule has 0 aromatic heterocycles. The lowest BCUT2D eigenvalue weighted by Crippen LogP contribution is -2.45. The molecule has 5 rings (SSSR count). The van der Waals surface area contributed by atoms with Gasteiger partial charge in [0.15, 0.2) is 11.2 Å². The number of benzene rings is 1. The Morgan fingerprint density at radius 2 is 1.27 bits per heavy atom. The van der Waals surface area contributed by atoms with Crippen molar-refractivity contribution in [3.63, 3.8) is 0 Å². The van der Waals surface area contributed by atoms with Crippen molar-refractivity contribution in [2.45, 2.75) is 48.5 Å². The number of methoxy groups -OCH3 is 2. The van der Waals surface area contributed by atoms with Crippen LogP contribution >= 0.6 is 95.6 Å². The zero-order valence-corrected chi connectivity index (χ0v) is 36.5. The first-order valence-corrected chi connectivity index (χ1v) is 19.9. The van der Waals surface area contributed by atoms with Crippen LogP contribution in [0.15, 0.2) is 73.0 Å². The fraction of sp³-hybridized carbons (Fsp3) is 0.419. The SMILES string of the molecule is COC1=C(Br)[C@H](O)[C@@]2(C=C1Br)CC(C(=O)NCC(O)c1cc(Br)c(OC[C@H](O)CNC(=O)C3=NO[C@]4(C=C(Br)C(OC)=C(Br)[C@@H]4O)C3)c(Br)c1)=NO2. The van der Waals surface area contributed by atoms with Gasteiger partial charge in [0.25, 0.3) is 11.8 Å². The number of carbonyl (C=O) groups excluding carboxylic acids is 2. The summed E-state index contributed by atoms with van der Waals surface area (Å²) in [5.74, 6) is -0.0771. The highest BCUT2D eigenvalue weighted by Crippen LogP contribution is 2.45. The molecule has 1 aromatic rings. The van der Waals surface area contributed by atoms with Gasteiger partial charge in [0.05, 0.1) is 47.2 Å². The molecule has 2 amide bonds. The van der Waals surface area contributed by atoms with Gasteiger partial charge in [-0.3, -0.25) is 9.59 Å². The second-order valence-corrected chi connectivity index (χ2v) is 16.9. The molecule has 2 aliphatic carbocycles. The normalized spacial score (nSPS) is 26.5. The number of aliphatic hydroxyl groups excluding tert-OH is 4. The lowest BCUT2D eigenvalue weighted by Gasteiger charge is -2.33. The Morgan fingerprint density at radius 1 is 0.827 bits per heavy atom. The van der Waals surface area contributed by atoms with Gasteiger partial charge in [0.1, 0.15) is 53.6 Å². The van der Waals surface area contributed by atoms with E-state index in [1.165, 1.54) is 14.2 Å². The maximum absolute atomic E-state index is 12.9. The molecule has 282 valence electrons. The monoisotopic (exact) mass is 1110 g/mol. The van der Waals surface area contributed by atoms with Crippen molar-refractivity contribution in [3.05, 3.63) is 68.2 Å². The van der Waals surface area contributed by atoms with Crippen molar-refractivity contribution in [1.82, 2.24) is 10.6 Å². The topological polar surface area (TPSA) is 210 Å². The Hall–Kier alpha value is -1.82. The number of rotatable bonds is 12. The summed E-state index contributed by atoms with van der Waals surface area (Å²) in [6.45, 7) is -0.560. The Kier molecular flexibility index (Phi) is 13.4. The van der Waals surface area contributed by atoms with Crippen LogP contribution in [0.3, 0.4) is 0 Å². The number of hydrogen-bond acceptors (Lipinski definition) is 13. The third-order valence-corrected chi connectivity index (χ3v) is 12.2. The van der Waals surface area contributed by atoms with Crippen LogP contribution in [0.4, 0.5) is 0 Å². The molecule has 0 saturated carbocycles. The number of allylic oxidation sites excluding steroid dienone is 2. The first-order chi connectivity index (χ1) is 24.6. The fourth-order valence-corrected chi connectivity index (χ4v) is 10.5. The number of halogens is 6. The van der Waals surface area contributed by atoms with Crippen LogP contribution in [0.5, 0.6) is 5.75 Å². The lowest BCUT2D eigenvalue weighted by atomic mass is 9.87. The average molecular weight is 1110 g/mol. The Bertz CT molecular complexity index is 1810. The number of aliphatic hydroxyl groups is 4. The first kappa shape index (κ1) is 41.3. The highest BCUT2D eigenvalue weighted by Gasteiger charge is 2.52. The second-order valence-electron chi connectivity index (χ2n) is 11.8. The Balaban J connectivity index is 1.09. The van der Waals surface area contributed by atoms with E-state index in [-0.39, 0.29) is 44.0 Å². The summed E-state index contributed by atoms with van der Waals surface area (Å²) in [6.07, 6.45) is -1.53. The van der Waals surface area contributed by atoms with Crippen LogP contribution in [-0.4, -0.2) is 107 Å². The van der Waals surface area contributed by atoms with E-state index in [9.17, 15) is 30.0 Å². The summed E-state index contributed by atoms with van der Waals surface area (Å²) in [5.41, 5.74) is -2.16. The van der Waals surface area contributed by atoms with Gasteiger partial charge >= 0.3 is 0 Å². The molecule has 15 nitrogen and oxygen atoms in total. The number of nitrogens with one attached hydrogen (secondary N) is 2. The van der Waals surface area contributed by atoms with E-state index >= 15 is 0 Å². The van der Waals surface area contributed by atoms with Crippen molar-refractivity contribution in [3.8, 4) is 5.75 Å². The Labute approximate surface area is 347 Å². The second kappa shape index (κ2) is 16.9. The summed E-state index contributed by atoms with van der Waals surface area (Å²) in [7, 11) is 2.91. The van der Waals surface area contributed by atoms with E-state index in [2.05, 4.69) is 117 Å². The molecule has 1 aromatic carbocycles. The number of carbonyl (C=O) groups is 2. The van der Waals surface area contributed by atoms with Gasteiger partial charge in [-0.15, -0.1) is 0 Å². The number of hydrogen-bond donors (Lipinski definition) is 6. The molecule has 4 aliphatic rings. The lowest BCUT2D eigenvalue weighted by molar-refractivity contribution is -0.116. The molecule has 52 heavy (non-hydrogen) atoms. The van der Waals surface area contributed by atoms with Gasteiger partial charge in [-0.05, 0) is 125 Å². The summed E-state index contributed by atoms with van der Waals surface area (Å²) in [6, 6.07) is 3.19. The maximum Gasteiger partial charge on any atom is 0.269 e. The van der Waals surface area contributed by atoms with Crippen molar-refractivity contribution in [1.29, 1.82) is 0 Å². The summed E-state index contributed by atoms with van der Waals surface area (Å²) < 4.78 is 18.9. The van der Waals surface area contributed by atoms with Crippen molar-refractivity contribution >= 4 is 119 Å². The van der Waals surface area contributed by atoms with E-state index in [0.717, 1.165) is 0 Å². The molecule has 6 atom stereocenters. The molecule has 0 saturated heterocycles. The quantitative estimate of drug-likeness (QED) is 0.176. The number of amides is 2. The van der Waals surface area contributed by atoms with Crippen molar-refractivity contribution < 1.29 is 53.9 Å². The molecule has 6 N–H and O–H groups in total. The van der Waals surface area contributed by atoms with E-state index in [4.69, 9.17) is 23.9 Å². The largest absolute Gasteiger partial charge is 0.495 e. The smallest absolute Gasteiger partial charge is 0.269 e. The van der Waals surface area contributed by atoms with E-state index < -0.39 is 47.4 Å². The predicted octanol–water partition coefficient (Wildman–Crippen LogP) is 4.06. The zero-order chi connectivity index (χ0) is 38.1. The molecule has 2 heterocycles. The van der Waals surface area contributed by atoms with Gasteiger partial charge in [0, 0.05) is 25.9 Å². The minimum atomic E-state index is -1.32. The number of nitrogens with zero attached hydrogens (tertiary/aromatic N) is 2. The maximum atomic E-state index is 12.9. The summed E-state index contributed by atoms with van der Waals surface area (Å²) in [4.78, 5) is 36.8. The molecular formula is C31H30Br6N4O11. The first-order valence-electron chi connectivity index (χ1n) is 15.1. The summed E-state index contributed by atoms with van der Waals surface area (Å²) in [5, 5.41) is 56.0. The van der Waals surface area contributed by atoms with E-state index in [1.54, 1.807) is 24.3 Å². The molecule has 0 bridgehead atoms. The van der Waals surface area contributed by atoms with Crippen LogP contribution < -0.4 is 15.4 Å². The molecule has 1 unspecified atom stereocenters. The third-order valence-electron chi connectivity index (χ3n) is 8.27. The fourth-order valence-electron chi connectivity index (χ4n) is 5.51. The highest BCUT2D eigenvalue weighted by atomic mass is 79.9. The molecule has 0 fully saturated rings. The van der Waals surface area contributed by atoms with E-state index in [0.29, 0.717) is 49.7 Å². The van der Waals surface area contributed by atoms with Crippen molar-refractivity contribution in [2.24, 2.45) is 10.3 Å². The van der Waals surface area contributed by atoms with Crippen molar-refractivity contribution in [2.75, 3.05) is 33.9 Å². The molecule has 2 aliphatic heterocycles. The summed E-state index contributed by atoms with van der Waals surface area (Å²) >= 11 is 20.2. The molecule has 0 radical (unpaired) electrons. The average Bonchev–Trinajstić information content (AvgIpc) is 3.73. The Morgan fingerprint density at radius 3 is 1.71 bits per heavy atom. The van der Waals surface area contributed by atoms with Crippen LogP contribution in [0.25, 0.3) is 0 Å².